The van der Waals surface area contributed by atoms with E-state index in [-0.39, 0.29) is 68.9 Å². The van der Waals surface area contributed by atoms with E-state index in [1.54, 1.807) is 36.4 Å². The summed E-state index contributed by atoms with van der Waals surface area (Å²) in [5, 5.41) is 108. The van der Waals surface area contributed by atoms with E-state index in [0.29, 0.717) is 16.7 Å². The van der Waals surface area contributed by atoms with Crippen molar-refractivity contribution in [2.75, 3.05) is 0 Å². The molecule has 2 aliphatic rings. The number of phenols is 9. The second-order valence-corrected chi connectivity index (χ2v) is 14.6. The van der Waals surface area contributed by atoms with Gasteiger partial charge in [0.1, 0.15) is 63.6 Å². The van der Waals surface area contributed by atoms with E-state index in [0.717, 1.165) is 18.2 Å². The molecular weight excluding hydrogens is 748 g/mol. The summed E-state index contributed by atoms with van der Waals surface area (Å²) in [6, 6.07) is 26.3. The first-order valence-electron chi connectivity index (χ1n) is 18.3. The molecule has 13 nitrogen and oxygen atoms in total. The van der Waals surface area contributed by atoms with Crippen LogP contribution in [0.15, 0.2) is 115 Å². The van der Waals surface area contributed by atoms with Crippen molar-refractivity contribution >= 4 is 5.78 Å². The van der Waals surface area contributed by atoms with Gasteiger partial charge in [0.25, 0.3) is 0 Å². The van der Waals surface area contributed by atoms with Gasteiger partial charge in [-0.3, -0.25) is 4.79 Å². The third-order valence-electron chi connectivity index (χ3n) is 11.0. The molecule has 13 heteroatoms. The number of carbonyl (C=O) groups is 1. The van der Waals surface area contributed by atoms with E-state index in [2.05, 4.69) is 0 Å². The molecule has 1 saturated heterocycles. The Balaban J connectivity index is 1.43. The lowest BCUT2D eigenvalue weighted by atomic mass is 9.67. The lowest BCUT2D eigenvalue weighted by Crippen LogP contribution is -2.34. The molecule has 0 amide bonds. The molecule has 2 aliphatic heterocycles. The maximum absolute atomic E-state index is 15.2. The molecule has 58 heavy (non-hydrogen) atoms. The average molecular weight is 787 g/mol. The van der Waals surface area contributed by atoms with Gasteiger partial charge in [-0.25, -0.2) is 0 Å². The Hall–Kier alpha value is -7.09. The Morgan fingerprint density at radius 1 is 0.552 bits per heavy atom. The number of ether oxygens (including phenoxy) is 2. The van der Waals surface area contributed by atoms with Crippen LogP contribution < -0.4 is 4.74 Å². The summed E-state index contributed by atoms with van der Waals surface area (Å²) in [6.07, 6.45) is -4.84. The van der Waals surface area contributed by atoms with Crippen molar-refractivity contribution in [3.05, 3.63) is 154 Å². The average Bonchev–Trinajstić information content (AvgIpc) is 3.57. The van der Waals surface area contributed by atoms with Crippen LogP contribution in [0.5, 0.6) is 57.5 Å². The van der Waals surface area contributed by atoms with E-state index in [9.17, 15) is 51.1 Å². The number of fused-ring (bicyclic) bond motifs is 1. The molecule has 0 bridgehead atoms. The molecule has 0 saturated carbocycles. The number of phenolic OH excluding ortho intramolecular Hbond substituents is 9. The molecule has 296 valence electrons. The Labute approximate surface area is 330 Å². The molecule has 0 radical (unpaired) electrons. The Morgan fingerprint density at radius 3 is 1.67 bits per heavy atom. The Bertz CT molecular complexity index is 2500. The minimum absolute atomic E-state index is 0.0267. The highest BCUT2D eigenvalue weighted by Gasteiger charge is 2.55. The lowest BCUT2D eigenvalue weighted by Gasteiger charge is -2.38. The normalized spacial score (nSPS) is 21.8. The van der Waals surface area contributed by atoms with Crippen molar-refractivity contribution in [3.63, 3.8) is 0 Å². The zero-order valence-electron chi connectivity index (χ0n) is 30.4. The van der Waals surface area contributed by atoms with Crippen molar-refractivity contribution < 1.29 is 65.3 Å². The summed E-state index contributed by atoms with van der Waals surface area (Å²) in [7, 11) is 0. The largest absolute Gasteiger partial charge is 0.508 e. The minimum atomic E-state index is -1.32. The molecule has 7 atom stereocenters. The van der Waals surface area contributed by atoms with Crippen LogP contribution in [0.3, 0.4) is 0 Å². The second-order valence-electron chi connectivity index (χ2n) is 14.6. The Morgan fingerprint density at radius 2 is 1.09 bits per heavy atom. The fraction of sp³-hybridized carbons (Fsp3) is 0.178. The maximum atomic E-state index is 15.2. The highest BCUT2D eigenvalue weighted by atomic mass is 16.5. The molecule has 0 aliphatic carbocycles. The van der Waals surface area contributed by atoms with Crippen LogP contribution in [0.1, 0.15) is 68.0 Å². The molecule has 6 aromatic carbocycles. The SMILES string of the molecule is O=C(c1ccc(O)cc1O)[C@@H]1[C@@H](C(c2ccc(O)cc2)c2c(O)cc(O)c3c2O[C@H](c2ccc(O)cc2)[C@@H](O)C3)[C@@H](c2ccc(O)cc2O)O[C@H]1c1ccc(O)cc1. The number of aromatic hydroxyl groups is 9. The molecule has 0 aromatic heterocycles. The zero-order chi connectivity index (χ0) is 41.0. The van der Waals surface area contributed by atoms with Crippen molar-refractivity contribution in [2.45, 2.75) is 36.8 Å². The Kier molecular flexibility index (Phi) is 9.63. The van der Waals surface area contributed by atoms with E-state index in [1.807, 2.05) is 0 Å². The summed E-state index contributed by atoms with van der Waals surface area (Å²) < 4.78 is 13.4. The summed E-state index contributed by atoms with van der Waals surface area (Å²) in [6.45, 7) is 0. The summed E-state index contributed by atoms with van der Waals surface area (Å²) in [5.74, 6) is -6.95. The standard InChI is InChI=1S/C45H38O13/c46-24-7-1-21(2-8-24)37(38-35(54)20-34(53)31-19-36(55)42(57-45(31)38)22-3-9-25(47)10-4-22)39-40(41(56)29-15-13-27(49)17-32(29)51)43(23-5-11-26(48)12-6-23)58-44(39)30-16-14-28(50)18-33(30)52/h1-18,20,36-37,39-40,42-44,46-55H,19H2/t36-,37?,39+,40-,42+,43-,44+/m0/s1. The van der Waals surface area contributed by atoms with E-state index >= 15 is 4.79 Å². The zero-order valence-corrected chi connectivity index (χ0v) is 30.4. The number of aliphatic hydroxyl groups is 1. The number of hydrogen-bond donors (Lipinski definition) is 10. The molecule has 1 fully saturated rings. The number of carbonyl (C=O) groups excluding carboxylic acids is 1. The second kappa shape index (κ2) is 14.8. The van der Waals surface area contributed by atoms with Crippen LogP contribution >= 0.6 is 0 Å². The molecule has 6 aromatic rings. The van der Waals surface area contributed by atoms with E-state index in [4.69, 9.17) is 9.47 Å². The molecule has 2 heterocycles. The predicted molar refractivity (Wildman–Crippen MR) is 206 cm³/mol. The third-order valence-corrected chi connectivity index (χ3v) is 11.0. The van der Waals surface area contributed by atoms with Gasteiger partial charge in [0, 0.05) is 53.1 Å². The van der Waals surface area contributed by atoms with Gasteiger partial charge in [-0.05, 0) is 77.4 Å². The van der Waals surface area contributed by atoms with Crippen molar-refractivity contribution in [1.29, 1.82) is 0 Å². The first kappa shape index (κ1) is 37.8. The highest BCUT2D eigenvalue weighted by Crippen LogP contribution is 2.62. The number of Topliss-reactive ketones (excluding diaryl/α,β-unsaturated/α-hetero) is 1. The summed E-state index contributed by atoms with van der Waals surface area (Å²) >= 11 is 0. The number of benzene rings is 6. The van der Waals surface area contributed by atoms with Gasteiger partial charge in [-0.1, -0.05) is 36.4 Å². The summed E-state index contributed by atoms with van der Waals surface area (Å²) in [4.78, 5) is 15.2. The van der Waals surface area contributed by atoms with Crippen LogP contribution in [0.25, 0.3) is 0 Å². The van der Waals surface area contributed by atoms with Gasteiger partial charge in [0.15, 0.2) is 5.78 Å². The lowest BCUT2D eigenvalue weighted by molar-refractivity contribution is 0.0171. The fourth-order valence-electron chi connectivity index (χ4n) is 8.39. The van der Waals surface area contributed by atoms with Crippen LogP contribution in [0.4, 0.5) is 0 Å². The third kappa shape index (κ3) is 6.76. The fourth-order valence-corrected chi connectivity index (χ4v) is 8.39. The van der Waals surface area contributed by atoms with Crippen molar-refractivity contribution in [2.24, 2.45) is 11.8 Å². The quantitative estimate of drug-likeness (QED) is 0.0713. The smallest absolute Gasteiger partial charge is 0.173 e. The summed E-state index contributed by atoms with van der Waals surface area (Å²) in [5.41, 5.74) is 1.39. The first-order valence-corrected chi connectivity index (χ1v) is 18.3. The van der Waals surface area contributed by atoms with Gasteiger partial charge >= 0.3 is 0 Å². The minimum Gasteiger partial charge on any atom is -0.508 e. The number of rotatable bonds is 8. The van der Waals surface area contributed by atoms with Gasteiger partial charge in [0.2, 0.25) is 0 Å². The van der Waals surface area contributed by atoms with Gasteiger partial charge in [0.05, 0.1) is 29.8 Å². The first-order chi connectivity index (χ1) is 27.8. The van der Waals surface area contributed by atoms with Crippen LogP contribution in [0.2, 0.25) is 0 Å². The van der Waals surface area contributed by atoms with Gasteiger partial charge in [-0.2, -0.15) is 0 Å². The number of aliphatic hydroxyl groups excluding tert-OH is 1. The van der Waals surface area contributed by atoms with Gasteiger partial charge < -0.3 is 60.5 Å². The van der Waals surface area contributed by atoms with E-state index < -0.39 is 65.2 Å². The van der Waals surface area contributed by atoms with E-state index in [1.165, 1.54) is 60.7 Å². The molecule has 10 N–H and O–H groups in total. The predicted octanol–water partition coefficient (Wildman–Crippen LogP) is 6.83. The van der Waals surface area contributed by atoms with Crippen LogP contribution in [-0.2, 0) is 11.2 Å². The molecule has 1 unspecified atom stereocenters. The molecular formula is C45H38O13. The number of hydrogen-bond acceptors (Lipinski definition) is 13. The van der Waals surface area contributed by atoms with Crippen LogP contribution in [0, 0.1) is 11.8 Å². The van der Waals surface area contributed by atoms with Crippen molar-refractivity contribution in [1.82, 2.24) is 0 Å². The van der Waals surface area contributed by atoms with Crippen molar-refractivity contribution in [3.8, 4) is 57.5 Å². The number of ketones is 1. The highest BCUT2D eigenvalue weighted by molar-refractivity contribution is 6.01. The van der Waals surface area contributed by atoms with Crippen LogP contribution in [-0.4, -0.2) is 63.0 Å². The molecule has 8 rings (SSSR count). The topological polar surface area (TPSA) is 238 Å². The molecule has 0 spiro atoms. The monoisotopic (exact) mass is 786 g/mol. The maximum Gasteiger partial charge on any atom is 0.173 e. The van der Waals surface area contributed by atoms with Gasteiger partial charge in [-0.15, -0.1) is 0 Å².